The molecule has 3 saturated carbocycles. The fraction of sp³-hybridized carbons (Fsp3) is 0.737. The summed E-state index contributed by atoms with van der Waals surface area (Å²) in [5.74, 6) is -2.88. The maximum Gasteiger partial charge on any atom is 0.335 e. The first-order valence-electron chi connectivity index (χ1n) is 17.5. The van der Waals surface area contributed by atoms with Gasteiger partial charge in [0.1, 0.15) is 24.4 Å². The lowest BCUT2D eigenvalue weighted by atomic mass is 9.36. The van der Waals surface area contributed by atoms with Crippen molar-refractivity contribution in [2.45, 2.75) is 138 Å². The van der Waals surface area contributed by atoms with E-state index in [1.165, 1.54) is 20.8 Å². The Bertz CT molecular complexity index is 1440. The summed E-state index contributed by atoms with van der Waals surface area (Å²) in [5, 5.41) is 11.0. The van der Waals surface area contributed by atoms with Crippen LogP contribution in [0.5, 0.6) is 0 Å². The van der Waals surface area contributed by atoms with Crippen LogP contribution in [0.1, 0.15) is 113 Å². The maximum absolute atomic E-state index is 13.8. The predicted octanol–water partition coefficient (Wildman–Crippen LogP) is 6.30. The van der Waals surface area contributed by atoms with Crippen LogP contribution in [0.2, 0.25) is 0 Å². The average Bonchev–Trinajstić information content (AvgIpc) is 3.65. The van der Waals surface area contributed by atoms with Crippen LogP contribution in [0, 0.1) is 39.4 Å². The molecule has 1 heterocycles. The minimum atomic E-state index is -1.30. The monoisotopic (exact) mass is 670 g/mol. The van der Waals surface area contributed by atoms with Gasteiger partial charge in [-0.25, -0.2) is 4.79 Å². The van der Waals surface area contributed by atoms with Crippen LogP contribution < -0.4 is 0 Å². The quantitative estimate of drug-likeness (QED) is 0.191. The Balaban J connectivity index is 1.73. The van der Waals surface area contributed by atoms with E-state index >= 15 is 0 Å². The van der Waals surface area contributed by atoms with Crippen molar-refractivity contribution in [3.05, 3.63) is 35.8 Å². The lowest BCUT2D eigenvalue weighted by Gasteiger charge is -2.70. The van der Waals surface area contributed by atoms with E-state index in [-0.39, 0.29) is 23.7 Å². The highest BCUT2D eigenvalue weighted by atomic mass is 16.6. The summed E-state index contributed by atoms with van der Waals surface area (Å²) >= 11 is 0. The molecule has 10 heteroatoms. The second-order valence-corrected chi connectivity index (χ2v) is 16.1. The normalized spacial score (nSPS) is 39.4. The molecule has 1 unspecified atom stereocenters. The van der Waals surface area contributed by atoms with Crippen molar-refractivity contribution in [3.63, 3.8) is 0 Å². The third-order valence-electron chi connectivity index (χ3n) is 13.3. The van der Waals surface area contributed by atoms with E-state index in [0.717, 1.165) is 11.1 Å². The number of aliphatic hydroxyl groups excluding tert-OH is 1. The van der Waals surface area contributed by atoms with Gasteiger partial charge in [-0.3, -0.25) is 14.4 Å². The van der Waals surface area contributed by atoms with Crippen molar-refractivity contribution >= 4 is 23.9 Å². The lowest BCUT2D eigenvalue weighted by Crippen LogP contribution is -2.72. The molecule has 1 aromatic rings. The average molecular weight is 671 g/mol. The van der Waals surface area contributed by atoms with E-state index in [1.54, 1.807) is 12.5 Å². The Morgan fingerprint density at radius 1 is 0.833 bits per heavy atom. The lowest BCUT2D eigenvalue weighted by molar-refractivity contribution is -0.270. The molecule has 0 bridgehead atoms. The van der Waals surface area contributed by atoms with Crippen molar-refractivity contribution in [1.29, 1.82) is 0 Å². The largest absolute Gasteiger partial charge is 0.472 e. The number of aliphatic hydroxyl groups is 1. The molecule has 4 aliphatic rings. The number of carbonyl (C=O) groups is 4. The first kappa shape index (κ1) is 36.1. The molecule has 266 valence electrons. The zero-order valence-corrected chi connectivity index (χ0v) is 30.2. The number of rotatable bonds is 8. The number of fused-ring (bicyclic) bond motifs is 5. The molecular formula is C38H54O10. The van der Waals surface area contributed by atoms with Gasteiger partial charge in [-0.2, -0.15) is 0 Å². The van der Waals surface area contributed by atoms with E-state index in [0.29, 0.717) is 32.1 Å². The van der Waals surface area contributed by atoms with Gasteiger partial charge in [-0.1, -0.05) is 66.5 Å². The van der Waals surface area contributed by atoms with Crippen molar-refractivity contribution in [2.24, 2.45) is 39.4 Å². The molecule has 0 aromatic carbocycles. The highest BCUT2D eigenvalue weighted by Crippen LogP contribution is 2.74. The summed E-state index contributed by atoms with van der Waals surface area (Å²) in [5.41, 5.74) is -0.800. The zero-order valence-electron chi connectivity index (χ0n) is 30.2. The molecule has 12 atom stereocenters. The molecule has 0 aliphatic heterocycles. The number of furan rings is 1. The second kappa shape index (κ2) is 12.6. The number of carbonyl (C=O) groups excluding carboxylic acids is 4. The van der Waals surface area contributed by atoms with E-state index in [4.69, 9.17) is 23.4 Å². The summed E-state index contributed by atoms with van der Waals surface area (Å²) < 4.78 is 30.4. The van der Waals surface area contributed by atoms with E-state index in [2.05, 4.69) is 40.7 Å². The van der Waals surface area contributed by atoms with Gasteiger partial charge in [0.2, 0.25) is 0 Å². The van der Waals surface area contributed by atoms with Gasteiger partial charge in [-0.15, -0.1) is 0 Å². The summed E-state index contributed by atoms with van der Waals surface area (Å²) in [7, 11) is 0. The number of ether oxygens (including phenoxy) is 4. The molecule has 48 heavy (non-hydrogen) atoms. The summed E-state index contributed by atoms with van der Waals surface area (Å²) in [4.78, 5) is 51.7. The highest BCUT2D eigenvalue weighted by Gasteiger charge is 2.74. The predicted molar refractivity (Wildman–Crippen MR) is 175 cm³/mol. The molecule has 3 fully saturated rings. The summed E-state index contributed by atoms with van der Waals surface area (Å²) in [6.07, 6.45) is 4.21. The van der Waals surface area contributed by atoms with Crippen LogP contribution in [-0.2, 0) is 38.1 Å². The molecule has 10 nitrogen and oxygen atoms in total. The third-order valence-corrected chi connectivity index (χ3v) is 13.3. The molecule has 0 spiro atoms. The van der Waals surface area contributed by atoms with Gasteiger partial charge >= 0.3 is 23.9 Å². The Morgan fingerprint density at radius 2 is 1.40 bits per heavy atom. The topological polar surface area (TPSA) is 139 Å². The number of hydrogen-bond donors (Lipinski definition) is 1. The van der Waals surface area contributed by atoms with Crippen molar-refractivity contribution in [1.82, 2.24) is 0 Å². The van der Waals surface area contributed by atoms with Crippen LogP contribution >= 0.6 is 0 Å². The smallest absolute Gasteiger partial charge is 0.335 e. The fourth-order valence-corrected chi connectivity index (χ4v) is 10.7. The Labute approximate surface area is 284 Å². The molecule has 0 saturated heterocycles. The van der Waals surface area contributed by atoms with Gasteiger partial charge in [-0.05, 0) is 48.6 Å². The van der Waals surface area contributed by atoms with Gasteiger partial charge in [0, 0.05) is 54.8 Å². The Hall–Kier alpha value is -3.14. The molecule has 4 aliphatic carbocycles. The minimum absolute atomic E-state index is 0.0682. The van der Waals surface area contributed by atoms with Crippen LogP contribution in [0.4, 0.5) is 0 Å². The van der Waals surface area contributed by atoms with E-state index < -0.39 is 76.1 Å². The molecule has 0 amide bonds. The molecule has 0 radical (unpaired) electrons. The van der Waals surface area contributed by atoms with Crippen LogP contribution in [-0.4, -0.2) is 59.5 Å². The summed E-state index contributed by atoms with van der Waals surface area (Å²) in [6.45, 7) is 18.4. The van der Waals surface area contributed by atoms with Gasteiger partial charge in [0.25, 0.3) is 0 Å². The minimum Gasteiger partial charge on any atom is -0.472 e. The van der Waals surface area contributed by atoms with Crippen molar-refractivity contribution in [3.8, 4) is 0 Å². The van der Waals surface area contributed by atoms with Crippen LogP contribution in [0.15, 0.2) is 34.7 Å². The standard InChI is InChI=1S/C38H54O10/c1-11-20(2)33(42)34(43)48-31-16-27-35(6,7)29(45-21(3)39)18-32(47-23(5)41)38(27,10)28-17-30(46-22(4)40)36(8)25(24-14-15-44-19-24)12-13-26(36)37(28,31)9/h13-15,19-20,25,27-33,42H,11-12,16-18H2,1-10H3/t20-,25+,27-,28+,29+,30+,31?,32-,33-,36-,37-,38-/m0/s1. The maximum atomic E-state index is 13.8. The van der Waals surface area contributed by atoms with Gasteiger partial charge in [0.05, 0.1) is 12.5 Å². The Kier molecular flexibility index (Phi) is 9.51. The number of esters is 4. The molecule has 1 N–H and O–H groups in total. The first-order chi connectivity index (χ1) is 22.3. The van der Waals surface area contributed by atoms with E-state index in [1.807, 2.05) is 19.9 Å². The fourth-order valence-electron chi connectivity index (χ4n) is 10.7. The SMILES string of the molecule is CC[C@H](C)[C@H](O)C(=O)OC1C[C@H]2C(C)(C)[C@H](OC(C)=O)C[C@H](OC(C)=O)[C@]2(C)[C@@H]2C[C@@H](OC(C)=O)[C@]3(C)C(=CC[C@@H]3c3ccoc3)[C@]12C. The number of allylic oxidation sites excluding steroid dienone is 1. The van der Waals surface area contributed by atoms with Crippen LogP contribution in [0.25, 0.3) is 0 Å². The summed E-state index contributed by atoms with van der Waals surface area (Å²) in [6, 6.07) is 1.94. The van der Waals surface area contributed by atoms with Gasteiger partial charge < -0.3 is 28.5 Å². The van der Waals surface area contributed by atoms with E-state index in [9.17, 15) is 24.3 Å². The first-order valence-corrected chi connectivity index (χ1v) is 17.5. The zero-order chi connectivity index (χ0) is 35.6. The van der Waals surface area contributed by atoms with Crippen LogP contribution in [0.3, 0.4) is 0 Å². The molecule has 5 rings (SSSR count). The van der Waals surface area contributed by atoms with Crippen molar-refractivity contribution < 1.29 is 47.6 Å². The molecular weight excluding hydrogens is 616 g/mol. The van der Waals surface area contributed by atoms with Gasteiger partial charge in [0.15, 0.2) is 6.10 Å². The molecule has 1 aromatic heterocycles. The highest BCUT2D eigenvalue weighted by molar-refractivity contribution is 5.75. The third kappa shape index (κ3) is 5.50. The number of hydrogen-bond acceptors (Lipinski definition) is 10. The van der Waals surface area contributed by atoms with Crippen molar-refractivity contribution in [2.75, 3.05) is 0 Å². The second-order valence-electron chi connectivity index (χ2n) is 16.1. The Morgan fingerprint density at radius 3 is 1.96 bits per heavy atom.